The van der Waals surface area contributed by atoms with Crippen LogP contribution >= 0.6 is 21.6 Å². The van der Waals surface area contributed by atoms with Crippen LogP contribution in [0, 0.1) is 0 Å². The summed E-state index contributed by atoms with van der Waals surface area (Å²) in [5.41, 5.74) is 0. The Labute approximate surface area is 61.2 Å². The Morgan fingerprint density at radius 3 is 2.56 bits per heavy atom. The van der Waals surface area contributed by atoms with Gasteiger partial charge in [-0.2, -0.15) is 0 Å². The Balaban J connectivity index is 2.83. The molecule has 9 heavy (non-hydrogen) atoms. The first-order valence-electron chi connectivity index (χ1n) is 2.34. The number of aliphatic hydroxyl groups is 1. The smallest absolute Gasteiger partial charge is 0.304 e. The molecule has 0 aromatic heterocycles. The number of hydrogen-bond acceptors (Lipinski definition) is 4. The molecule has 0 unspecified atom stereocenters. The zero-order valence-corrected chi connectivity index (χ0v) is 6.37. The van der Waals surface area contributed by atoms with Gasteiger partial charge in [-0.25, -0.2) is 0 Å². The second kappa shape index (κ2) is 6.25. The molecule has 0 amide bonds. The molecule has 0 aliphatic carbocycles. The number of hydrogen-bond donors (Lipinski definition) is 2. The van der Waals surface area contributed by atoms with Gasteiger partial charge in [0.1, 0.15) is 0 Å². The summed E-state index contributed by atoms with van der Waals surface area (Å²) in [6, 6.07) is 0. The van der Waals surface area contributed by atoms with E-state index in [2.05, 4.69) is 0 Å². The minimum atomic E-state index is -0.791. The fraction of sp³-hybridized carbons (Fsp3) is 0.750. The molecule has 2 N–H and O–H groups in total. The average Bonchev–Trinajstić information content (AvgIpc) is 1.80. The maximum Gasteiger partial charge on any atom is 0.304 e. The number of carboxylic acid groups (broad SMARTS) is 1. The number of rotatable bonds is 5. The normalized spacial score (nSPS) is 9.44. The van der Waals surface area contributed by atoms with Crippen molar-refractivity contribution in [2.75, 3.05) is 11.7 Å². The van der Waals surface area contributed by atoms with Crippen LogP contribution in [-0.2, 0) is 4.79 Å². The molecule has 0 aliphatic rings. The van der Waals surface area contributed by atoms with Gasteiger partial charge >= 0.3 is 5.97 Å². The molecular formula is C4H8O3S2. The van der Waals surface area contributed by atoms with Crippen molar-refractivity contribution >= 4 is 27.6 Å². The van der Waals surface area contributed by atoms with Gasteiger partial charge in [0, 0.05) is 5.75 Å². The maximum absolute atomic E-state index is 9.88. The molecule has 0 aliphatic heterocycles. The predicted octanol–water partition coefficient (Wildman–Crippen LogP) is 0.792. The Bertz CT molecular complexity index is 85.9. The zero-order chi connectivity index (χ0) is 7.11. The maximum atomic E-state index is 9.88. The molecule has 0 aromatic rings. The zero-order valence-electron chi connectivity index (χ0n) is 4.74. The Kier molecular flexibility index (Phi) is 6.34. The van der Waals surface area contributed by atoms with Crippen molar-refractivity contribution in [3.63, 3.8) is 0 Å². The number of aliphatic hydroxyl groups excluding tert-OH is 1. The van der Waals surface area contributed by atoms with Crippen molar-refractivity contribution in [3.8, 4) is 0 Å². The van der Waals surface area contributed by atoms with Gasteiger partial charge in [-0.15, -0.1) is 0 Å². The van der Waals surface area contributed by atoms with Crippen LogP contribution < -0.4 is 0 Å². The van der Waals surface area contributed by atoms with E-state index in [1.807, 2.05) is 0 Å². The molecule has 54 valence electrons. The SMILES string of the molecule is O=C(O)CCSSCO. The minimum absolute atomic E-state index is 0.0459. The van der Waals surface area contributed by atoms with Gasteiger partial charge < -0.3 is 10.2 Å². The van der Waals surface area contributed by atoms with Crippen molar-refractivity contribution in [2.24, 2.45) is 0 Å². The minimum Gasteiger partial charge on any atom is -0.481 e. The van der Waals surface area contributed by atoms with Gasteiger partial charge in [-0.3, -0.25) is 4.79 Å². The first-order valence-corrected chi connectivity index (χ1v) is 4.83. The van der Waals surface area contributed by atoms with E-state index >= 15 is 0 Å². The molecule has 0 fully saturated rings. The van der Waals surface area contributed by atoms with Crippen molar-refractivity contribution in [3.05, 3.63) is 0 Å². The number of carbonyl (C=O) groups is 1. The molecule has 0 aromatic carbocycles. The van der Waals surface area contributed by atoms with Gasteiger partial charge in [0.15, 0.2) is 0 Å². The van der Waals surface area contributed by atoms with Crippen LogP contribution in [0.25, 0.3) is 0 Å². The van der Waals surface area contributed by atoms with Crippen molar-refractivity contribution in [1.82, 2.24) is 0 Å². The molecule has 5 heteroatoms. The highest BCUT2D eigenvalue weighted by Crippen LogP contribution is 2.19. The molecule has 0 saturated heterocycles. The van der Waals surface area contributed by atoms with E-state index in [1.165, 1.54) is 21.6 Å². The number of aliphatic carboxylic acids is 1. The lowest BCUT2D eigenvalue weighted by Gasteiger charge is -1.92. The van der Waals surface area contributed by atoms with Crippen molar-refractivity contribution in [1.29, 1.82) is 0 Å². The van der Waals surface area contributed by atoms with E-state index < -0.39 is 5.97 Å². The summed E-state index contributed by atoms with van der Waals surface area (Å²) in [7, 11) is 2.63. The van der Waals surface area contributed by atoms with Crippen LogP contribution in [0.5, 0.6) is 0 Å². The standard InChI is InChI=1S/C4H8O3S2/c5-3-9-8-2-1-4(6)7/h5H,1-3H2,(H,6,7). The topological polar surface area (TPSA) is 57.5 Å². The third kappa shape index (κ3) is 8.13. The molecular weight excluding hydrogens is 160 g/mol. The highest BCUT2D eigenvalue weighted by atomic mass is 33.1. The molecule has 0 radical (unpaired) electrons. The van der Waals surface area contributed by atoms with E-state index in [9.17, 15) is 4.79 Å². The van der Waals surface area contributed by atoms with E-state index in [4.69, 9.17) is 10.2 Å². The lowest BCUT2D eigenvalue weighted by molar-refractivity contribution is -0.136. The molecule has 0 bridgehead atoms. The highest BCUT2D eigenvalue weighted by Gasteiger charge is 1.95. The second-order valence-electron chi connectivity index (χ2n) is 1.21. The van der Waals surface area contributed by atoms with Crippen molar-refractivity contribution in [2.45, 2.75) is 6.42 Å². The Morgan fingerprint density at radius 2 is 2.11 bits per heavy atom. The van der Waals surface area contributed by atoms with Gasteiger partial charge in [0.25, 0.3) is 0 Å². The van der Waals surface area contributed by atoms with E-state index in [-0.39, 0.29) is 12.4 Å². The summed E-state index contributed by atoms with van der Waals surface area (Å²) < 4.78 is 0. The third-order valence-corrected chi connectivity index (χ3v) is 2.49. The third-order valence-electron chi connectivity index (χ3n) is 0.535. The molecule has 0 rings (SSSR count). The molecule has 0 atom stereocenters. The second-order valence-corrected chi connectivity index (χ2v) is 3.76. The number of carboxylic acids is 1. The van der Waals surface area contributed by atoms with Gasteiger partial charge in [0.2, 0.25) is 0 Å². The molecule has 0 spiro atoms. The van der Waals surface area contributed by atoms with Crippen LogP contribution in [0.3, 0.4) is 0 Å². The van der Waals surface area contributed by atoms with Crippen LogP contribution in [0.2, 0.25) is 0 Å². The van der Waals surface area contributed by atoms with Crippen molar-refractivity contribution < 1.29 is 15.0 Å². The van der Waals surface area contributed by atoms with E-state index in [1.54, 1.807) is 0 Å². The fourth-order valence-corrected chi connectivity index (χ4v) is 1.50. The average molecular weight is 168 g/mol. The summed E-state index contributed by atoms with van der Waals surface area (Å²) in [4.78, 5) is 9.88. The monoisotopic (exact) mass is 168 g/mol. The van der Waals surface area contributed by atoms with Gasteiger partial charge in [-0.05, 0) is 0 Å². The van der Waals surface area contributed by atoms with Crippen LogP contribution in [0.4, 0.5) is 0 Å². The van der Waals surface area contributed by atoms with Crippen LogP contribution in [0.1, 0.15) is 6.42 Å². The lowest BCUT2D eigenvalue weighted by atomic mass is 10.5. The Morgan fingerprint density at radius 1 is 1.44 bits per heavy atom. The first kappa shape index (κ1) is 9.13. The van der Waals surface area contributed by atoms with E-state index in [0.29, 0.717) is 5.75 Å². The quantitative estimate of drug-likeness (QED) is 0.361. The lowest BCUT2D eigenvalue weighted by Crippen LogP contribution is -1.94. The summed E-state index contributed by atoms with van der Waals surface area (Å²) >= 11 is 0. The predicted molar refractivity (Wildman–Crippen MR) is 39.4 cm³/mol. The molecule has 0 saturated carbocycles. The van der Waals surface area contributed by atoms with Crippen LogP contribution in [0.15, 0.2) is 0 Å². The van der Waals surface area contributed by atoms with Gasteiger partial charge in [0.05, 0.1) is 12.4 Å². The summed E-state index contributed by atoms with van der Waals surface area (Å²) in [5, 5.41) is 16.4. The Hall–Kier alpha value is 0.130. The van der Waals surface area contributed by atoms with E-state index in [0.717, 1.165) is 0 Å². The molecule has 0 heterocycles. The summed E-state index contributed by atoms with van der Waals surface area (Å²) in [5.74, 6) is -0.189. The summed E-state index contributed by atoms with van der Waals surface area (Å²) in [6.07, 6.45) is 0.164. The first-order chi connectivity index (χ1) is 4.27. The van der Waals surface area contributed by atoms with Crippen LogP contribution in [-0.4, -0.2) is 27.9 Å². The largest absolute Gasteiger partial charge is 0.481 e. The highest BCUT2D eigenvalue weighted by molar-refractivity contribution is 8.76. The molecule has 3 nitrogen and oxygen atoms in total. The van der Waals surface area contributed by atoms with Gasteiger partial charge in [-0.1, -0.05) is 21.6 Å². The fourth-order valence-electron chi connectivity index (χ4n) is 0.225. The summed E-state index contributed by atoms with van der Waals surface area (Å²) in [6.45, 7) is 0.